The number of benzene rings is 1. The average molecular weight is 275 g/mol. The number of aryl methyl sites for hydroxylation is 1. The largest absolute Gasteiger partial charge is 0.495 e. The molecule has 0 saturated heterocycles. The summed E-state index contributed by atoms with van der Waals surface area (Å²) >= 11 is 0. The maximum atomic E-state index is 12.2. The van der Waals surface area contributed by atoms with E-state index in [4.69, 9.17) is 10.5 Å². The van der Waals surface area contributed by atoms with Crippen molar-refractivity contribution in [3.8, 4) is 5.75 Å². The van der Waals surface area contributed by atoms with Gasteiger partial charge in [-0.3, -0.25) is 4.79 Å². The highest BCUT2D eigenvalue weighted by Crippen LogP contribution is 2.22. The molecule has 0 radical (unpaired) electrons. The topological polar surface area (TPSA) is 95.1 Å². The zero-order valence-electron chi connectivity index (χ0n) is 11.6. The fourth-order valence-corrected chi connectivity index (χ4v) is 1.88. The van der Waals surface area contributed by atoms with E-state index in [9.17, 15) is 4.79 Å². The van der Waals surface area contributed by atoms with Crippen molar-refractivity contribution in [3.05, 3.63) is 35.9 Å². The van der Waals surface area contributed by atoms with Crippen molar-refractivity contribution in [2.24, 2.45) is 7.05 Å². The van der Waals surface area contributed by atoms with E-state index in [2.05, 4.69) is 15.5 Å². The highest BCUT2D eigenvalue weighted by atomic mass is 16.5. The second-order valence-electron chi connectivity index (χ2n) is 4.45. The molecule has 2 aromatic rings. The quantitative estimate of drug-likeness (QED) is 0.808. The SMILES string of the molecule is COc1cc(C(=O)NC(C)c2nncn2C)ccc1N. The summed E-state index contributed by atoms with van der Waals surface area (Å²) in [5.41, 5.74) is 6.69. The third-order valence-corrected chi connectivity index (χ3v) is 2.98. The first-order valence-corrected chi connectivity index (χ1v) is 6.11. The van der Waals surface area contributed by atoms with Crippen LogP contribution in [0.3, 0.4) is 0 Å². The molecule has 1 atom stereocenters. The predicted molar refractivity (Wildman–Crippen MR) is 74.3 cm³/mol. The molecule has 0 aliphatic carbocycles. The molecule has 106 valence electrons. The monoisotopic (exact) mass is 275 g/mol. The first kappa shape index (κ1) is 13.9. The van der Waals surface area contributed by atoms with E-state index in [0.717, 1.165) is 0 Å². The summed E-state index contributed by atoms with van der Waals surface area (Å²) in [6, 6.07) is 4.64. The Morgan fingerprint density at radius 1 is 1.50 bits per heavy atom. The predicted octanol–water partition coefficient (Wildman–Crippen LogP) is 0.897. The number of nitrogens with one attached hydrogen (secondary N) is 1. The van der Waals surface area contributed by atoms with E-state index >= 15 is 0 Å². The van der Waals surface area contributed by atoms with Gasteiger partial charge < -0.3 is 20.4 Å². The zero-order chi connectivity index (χ0) is 14.7. The van der Waals surface area contributed by atoms with Crippen LogP contribution in [0.2, 0.25) is 0 Å². The summed E-state index contributed by atoms with van der Waals surface area (Å²) < 4.78 is 6.86. The van der Waals surface area contributed by atoms with E-state index < -0.39 is 0 Å². The molecular weight excluding hydrogens is 258 g/mol. The zero-order valence-corrected chi connectivity index (χ0v) is 11.6. The summed E-state index contributed by atoms with van der Waals surface area (Å²) in [6.45, 7) is 1.84. The third-order valence-electron chi connectivity index (χ3n) is 2.98. The molecule has 3 N–H and O–H groups in total. The average Bonchev–Trinajstić information content (AvgIpc) is 2.85. The van der Waals surface area contributed by atoms with Crippen molar-refractivity contribution in [2.45, 2.75) is 13.0 Å². The molecule has 1 aromatic carbocycles. The number of carbonyl (C=O) groups is 1. The molecule has 2 rings (SSSR count). The number of nitrogen functional groups attached to an aromatic ring is 1. The maximum Gasteiger partial charge on any atom is 0.251 e. The lowest BCUT2D eigenvalue weighted by molar-refractivity contribution is 0.0937. The molecule has 1 unspecified atom stereocenters. The number of ether oxygens (including phenoxy) is 1. The van der Waals surface area contributed by atoms with Gasteiger partial charge in [0.2, 0.25) is 0 Å². The molecule has 0 aliphatic rings. The number of carbonyl (C=O) groups excluding carboxylic acids is 1. The molecule has 1 aromatic heterocycles. The Balaban J connectivity index is 2.14. The molecule has 20 heavy (non-hydrogen) atoms. The van der Waals surface area contributed by atoms with Crippen LogP contribution in [0.4, 0.5) is 5.69 Å². The Hall–Kier alpha value is -2.57. The number of hydrogen-bond acceptors (Lipinski definition) is 5. The number of nitrogens with two attached hydrogens (primary N) is 1. The van der Waals surface area contributed by atoms with E-state index in [0.29, 0.717) is 22.8 Å². The van der Waals surface area contributed by atoms with Gasteiger partial charge in [0.25, 0.3) is 5.91 Å². The lowest BCUT2D eigenvalue weighted by Gasteiger charge is -2.13. The van der Waals surface area contributed by atoms with Gasteiger partial charge in [0.05, 0.1) is 18.8 Å². The van der Waals surface area contributed by atoms with Crippen LogP contribution in [-0.2, 0) is 7.05 Å². The summed E-state index contributed by atoms with van der Waals surface area (Å²) in [6.07, 6.45) is 1.59. The molecule has 0 aliphatic heterocycles. The lowest BCUT2D eigenvalue weighted by Crippen LogP contribution is -2.28. The van der Waals surface area contributed by atoms with E-state index in [1.165, 1.54) is 7.11 Å². The van der Waals surface area contributed by atoms with Gasteiger partial charge in [-0.1, -0.05) is 0 Å². The van der Waals surface area contributed by atoms with Gasteiger partial charge in [0.15, 0.2) is 5.82 Å². The van der Waals surface area contributed by atoms with E-state index in [-0.39, 0.29) is 11.9 Å². The van der Waals surface area contributed by atoms with Crippen molar-refractivity contribution in [1.82, 2.24) is 20.1 Å². The van der Waals surface area contributed by atoms with E-state index in [1.807, 2.05) is 14.0 Å². The molecule has 0 spiro atoms. The van der Waals surface area contributed by atoms with Crippen molar-refractivity contribution in [2.75, 3.05) is 12.8 Å². The maximum absolute atomic E-state index is 12.2. The highest BCUT2D eigenvalue weighted by molar-refractivity contribution is 5.95. The summed E-state index contributed by atoms with van der Waals surface area (Å²) in [7, 11) is 3.33. The van der Waals surface area contributed by atoms with Gasteiger partial charge in [-0.2, -0.15) is 0 Å². The third kappa shape index (κ3) is 2.71. The van der Waals surface area contributed by atoms with Crippen molar-refractivity contribution in [1.29, 1.82) is 0 Å². The molecule has 0 fully saturated rings. The summed E-state index contributed by atoms with van der Waals surface area (Å²) in [4.78, 5) is 12.2. The molecular formula is C13H17N5O2. The molecule has 1 amide bonds. The first-order valence-electron chi connectivity index (χ1n) is 6.11. The van der Waals surface area contributed by atoms with Gasteiger partial charge in [-0.25, -0.2) is 0 Å². The fraction of sp³-hybridized carbons (Fsp3) is 0.308. The highest BCUT2D eigenvalue weighted by Gasteiger charge is 2.16. The Bertz CT molecular complexity index is 623. The van der Waals surface area contributed by atoms with Crippen molar-refractivity contribution in [3.63, 3.8) is 0 Å². The molecule has 1 heterocycles. The van der Waals surface area contributed by atoms with Crippen LogP contribution >= 0.6 is 0 Å². The van der Waals surface area contributed by atoms with Gasteiger partial charge in [-0.05, 0) is 25.1 Å². The minimum atomic E-state index is -0.251. The lowest BCUT2D eigenvalue weighted by atomic mass is 10.1. The molecule has 0 bridgehead atoms. The molecule has 7 heteroatoms. The Kier molecular flexibility index (Phi) is 3.88. The number of anilines is 1. The van der Waals surface area contributed by atoms with Gasteiger partial charge in [0, 0.05) is 12.6 Å². The van der Waals surface area contributed by atoms with Gasteiger partial charge in [0.1, 0.15) is 12.1 Å². The van der Waals surface area contributed by atoms with Crippen molar-refractivity contribution < 1.29 is 9.53 Å². The first-order chi connectivity index (χ1) is 9.52. The minimum absolute atomic E-state index is 0.223. The number of methoxy groups -OCH3 is 1. The Morgan fingerprint density at radius 2 is 2.25 bits per heavy atom. The smallest absolute Gasteiger partial charge is 0.251 e. The van der Waals surface area contributed by atoms with Gasteiger partial charge >= 0.3 is 0 Å². The van der Waals surface area contributed by atoms with Crippen LogP contribution in [-0.4, -0.2) is 27.8 Å². The fourth-order valence-electron chi connectivity index (χ4n) is 1.88. The second-order valence-corrected chi connectivity index (χ2v) is 4.45. The number of nitrogens with zero attached hydrogens (tertiary/aromatic N) is 3. The van der Waals surface area contributed by atoms with Crippen LogP contribution in [0.25, 0.3) is 0 Å². The van der Waals surface area contributed by atoms with Crippen LogP contribution < -0.4 is 15.8 Å². The molecule has 0 saturated carbocycles. The Labute approximate surface area is 116 Å². The number of aromatic nitrogens is 3. The number of amides is 1. The number of rotatable bonds is 4. The standard InChI is InChI=1S/C13H17N5O2/c1-8(12-17-15-7-18(12)2)16-13(19)9-4-5-10(14)11(6-9)20-3/h4-8H,14H2,1-3H3,(H,16,19). The van der Waals surface area contributed by atoms with Crippen LogP contribution in [0.15, 0.2) is 24.5 Å². The summed E-state index contributed by atoms with van der Waals surface area (Å²) in [5, 5.41) is 10.6. The summed E-state index contributed by atoms with van der Waals surface area (Å²) in [5.74, 6) is 0.934. The van der Waals surface area contributed by atoms with Crippen LogP contribution in [0, 0.1) is 0 Å². The van der Waals surface area contributed by atoms with E-state index in [1.54, 1.807) is 29.1 Å². The van der Waals surface area contributed by atoms with Crippen LogP contribution in [0.5, 0.6) is 5.75 Å². The van der Waals surface area contributed by atoms with Crippen molar-refractivity contribution >= 4 is 11.6 Å². The second kappa shape index (κ2) is 5.60. The van der Waals surface area contributed by atoms with Crippen LogP contribution in [0.1, 0.15) is 29.1 Å². The molecule has 7 nitrogen and oxygen atoms in total. The minimum Gasteiger partial charge on any atom is -0.495 e. The van der Waals surface area contributed by atoms with Gasteiger partial charge in [-0.15, -0.1) is 10.2 Å². The number of hydrogen-bond donors (Lipinski definition) is 2. The normalized spacial score (nSPS) is 11.9. The Morgan fingerprint density at radius 3 is 2.85 bits per heavy atom.